The minimum Gasteiger partial charge on any atom is -0.508 e. The van der Waals surface area contributed by atoms with E-state index in [-0.39, 0.29) is 0 Å². The number of fused-ring (bicyclic) bond motifs is 2. The average molecular weight is 244 g/mol. The maximum atomic E-state index is 9.69. The lowest BCUT2D eigenvalue weighted by molar-refractivity contribution is 0.134. The first kappa shape index (κ1) is 12.1. The number of rotatable bonds is 1. The molecule has 0 spiro atoms. The summed E-state index contributed by atoms with van der Waals surface area (Å²) in [6, 6.07) is 6.20. The first-order valence-corrected chi connectivity index (χ1v) is 7.16. The molecule has 2 aliphatic carbocycles. The fourth-order valence-corrected chi connectivity index (χ4v) is 4.60. The lowest BCUT2D eigenvalue weighted by atomic mass is 9.65. The van der Waals surface area contributed by atoms with E-state index in [0.717, 1.165) is 11.5 Å². The Kier molecular flexibility index (Phi) is 2.36. The topological polar surface area (TPSA) is 20.2 Å². The van der Waals surface area contributed by atoms with Crippen molar-refractivity contribution < 1.29 is 5.11 Å². The summed E-state index contributed by atoms with van der Waals surface area (Å²) in [5.41, 5.74) is 3.34. The Morgan fingerprint density at radius 3 is 2.44 bits per heavy atom. The minimum absolute atomic E-state index is 0.423. The molecular weight excluding hydrogens is 220 g/mol. The number of aryl methyl sites for hydroxylation is 1. The monoisotopic (exact) mass is 244 g/mol. The second-order valence-electron chi connectivity index (χ2n) is 7.21. The van der Waals surface area contributed by atoms with Gasteiger partial charge in [-0.15, -0.1) is 0 Å². The summed E-state index contributed by atoms with van der Waals surface area (Å²) < 4.78 is 0. The van der Waals surface area contributed by atoms with E-state index in [1.54, 1.807) is 0 Å². The third-order valence-corrected chi connectivity index (χ3v) is 6.42. The molecule has 0 heterocycles. The van der Waals surface area contributed by atoms with Gasteiger partial charge < -0.3 is 5.11 Å². The average Bonchev–Trinajstić information content (AvgIpc) is 2.65. The molecule has 2 aliphatic rings. The van der Waals surface area contributed by atoms with E-state index < -0.39 is 0 Å². The third kappa shape index (κ3) is 1.34. The van der Waals surface area contributed by atoms with Gasteiger partial charge in [-0.25, -0.2) is 0 Å². The molecule has 18 heavy (non-hydrogen) atoms. The maximum absolute atomic E-state index is 9.69. The van der Waals surface area contributed by atoms with Gasteiger partial charge in [-0.3, -0.25) is 0 Å². The molecule has 3 atom stereocenters. The molecule has 2 saturated carbocycles. The van der Waals surface area contributed by atoms with Crippen molar-refractivity contribution in [2.75, 3.05) is 0 Å². The summed E-state index contributed by atoms with van der Waals surface area (Å²) >= 11 is 0. The van der Waals surface area contributed by atoms with Gasteiger partial charge in [0, 0.05) is 0 Å². The van der Waals surface area contributed by atoms with E-state index in [4.69, 9.17) is 0 Å². The SMILES string of the molecule is Cc1cc([C@H]2C[C@H]3CC[C@]2(C)C3(C)C)ccc1O. The van der Waals surface area contributed by atoms with Crippen molar-refractivity contribution in [2.45, 2.75) is 52.9 Å². The first-order chi connectivity index (χ1) is 8.36. The Hall–Kier alpha value is -0.980. The molecule has 0 radical (unpaired) electrons. The normalized spacial score (nSPS) is 37.1. The van der Waals surface area contributed by atoms with Crippen LogP contribution in [0.1, 0.15) is 57.1 Å². The molecule has 2 fully saturated rings. The molecule has 0 aliphatic heterocycles. The minimum atomic E-state index is 0.423. The van der Waals surface area contributed by atoms with Gasteiger partial charge in [-0.2, -0.15) is 0 Å². The highest BCUT2D eigenvalue weighted by Gasteiger charge is 2.61. The Balaban J connectivity index is 2.02. The zero-order valence-electron chi connectivity index (χ0n) is 12.0. The summed E-state index contributed by atoms with van der Waals surface area (Å²) in [5.74, 6) is 1.97. The predicted molar refractivity (Wildman–Crippen MR) is 74.8 cm³/mol. The molecule has 98 valence electrons. The molecule has 0 amide bonds. The standard InChI is InChI=1S/C17H24O/c1-11-9-12(5-6-15(11)18)14-10-13-7-8-17(14,4)16(13,2)3/h5-6,9,13-14,18H,7-8,10H2,1-4H3/t13-,14-,17+/m1/s1. The van der Waals surface area contributed by atoms with Gasteiger partial charge in [0.15, 0.2) is 0 Å². The number of phenolic OH excluding ortho intramolecular Hbond substituents is 1. The molecular formula is C17H24O. The Morgan fingerprint density at radius 1 is 1.22 bits per heavy atom. The molecule has 0 saturated heterocycles. The van der Waals surface area contributed by atoms with E-state index in [1.807, 2.05) is 13.0 Å². The maximum Gasteiger partial charge on any atom is 0.118 e. The summed E-state index contributed by atoms with van der Waals surface area (Å²) in [6.45, 7) is 9.39. The van der Waals surface area contributed by atoms with Gasteiger partial charge in [0.2, 0.25) is 0 Å². The summed E-state index contributed by atoms with van der Waals surface area (Å²) in [6.07, 6.45) is 4.08. The molecule has 1 nitrogen and oxygen atoms in total. The summed E-state index contributed by atoms with van der Waals surface area (Å²) in [4.78, 5) is 0. The molecule has 3 rings (SSSR count). The molecule has 2 bridgehead atoms. The second kappa shape index (κ2) is 3.53. The zero-order valence-corrected chi connectivity index (χ0v) is 12.0. The van der Waals surface area contributed by atoms with Crippen molar-refractivity contribution in [2.24, 2.45) is 16.7 Å². The summed E-state index contributed by atoms with van der Waals surface area (Å²) in [7, 11) is 0. The van der Waals surface area contributed by atoms with Gasteiger partial charge in [0.05, 0.1) is 0 Å². The van der Waals surface area contributed by atoms with Gasteiger partial charge in [-0.1, -0.05) is 32.9 Å². The fourth-order valence-electron chi connectivity index (χ4n) is 4.60. The highest BCUT2D eigenvalue weighted by molar-refractivity contribution is 5.38. The highest BCUT2D eigenvalue weighted by Crippen LogP contribution is 2.70. The van der Waals surface area contributed by atoms with Crippen LogP contribution in [0.4, 0.5) is 0 Å². The lowest BCUT2D eigenvalue weighted by Gasteiger charge is -2.39. The smallest absolute Gasteiger partial charge is 0.118 e. The largest absolute Gasteiger partial charge is 0.508 e. The van der Waals surface area contributed by atoms with Crippen LogP contribution in [0, 0.1) is 23.7 Å². The first-order valence-electron chi connectivity index (χ1n) is 7.16. The Morgan fingerprint density at radius 2 is 1.94 bits per heavy atom. The third-order valence-electron chi connectivity index (χ3n) is 6.42. The van der Waals surface area contributed by atoms with Gasteiger partial charge in [0.1, 0.15) is 5.75 Å². The van der Waals surface area contributed by atoms with Crippen LogP contribution >= 0.6 is 0 Å². The van der Waals surface area contributed by atoms with Crippen LogP contribution < -0.4 is 0 Å². The number of aromatic hydroxyl groups is 1. The summed E-state index contributed by atoms with van der Waals surface area (Å²) in [5, 5.41) is 9.69. The van der Waals surface area contributed by atoms with Crippen LogP contribution in [0.25, 0.3) is 0 Å². The van der Waals surface area contributed by atoms with E-state index in [2.05, 4.69) is 32.9 Å². The van der Waals surface area contributed by atoms with Crippen LogP contribution in [-0.2, 0) is 0 Å². The van der Waals surface area contributed by atoms with Crippen LogP contribution in [0.5, 0.6) is 5.75 Å². The zero-order chi connectivity index (χ0) is 13.1. The van der Waals surface area contributed by atoms with E-state index in [0.29, 0.717) is 22.5 Å². The van der Waals surface area contributed by atoms with E-state index in [1.165, 1.54) is 24.8 Å². The number of benzene rings is 1. The Labute approximate surface area is 110 Å². The molecule has 1 aromatic rings. The van der Waals surface area contributed by atoms with Gasteiger partial charge in [0.25, 0.3) is 0 Å². The number of hydrogen-bond donors (Lipinski definition) is 1. The van der Waals surface area contributed by atoms with Crippen molar-refractivity contribution in [3.05, 3.63) is 29.3 Å². The van der Waals surface area contributed by atoms with Crippen molar-refractivity contribution in [1.29, 1.82) is 0 Å². The Bertz CT molecular complexity index is 488. The highest BCUT2D eigenvalue weighted by atomic mass is 16.3. The van der Waals surface area contributed by atoms with Crippen LogP contribution in [0.3, 0.4) is 0 Å². The van der Waals surface area contributed by atoms with E-state index in [9.17, 15) is 5.11 Å². The number of phenols is 1. The lowest BCUT2D eigenvalue weighted by Crippen LogP contribution is -2.31. The predicted octanol–water partition coefficient (Wildman–Crippen LogP) is 4.63. The van der Waals surface area contributed by atoms with Crippen LogP contribution in [0.15, 0.2) is 18.2 Å². The van der Waals surface area contributed by atoms with E-state index >= 15 is 0 Å². The molecule has 1 aromatic carbocycles. The fraction of sp³-hybridized carbons (Fsp3) is 0.647. The quantitative estimate of drug-likeness (QED) is 0.763. The second-order valence-corrected chi connectivity index (χ2v) is 7.21. The number of hydrogen-bond acceptors (Lipinski definition) is 1. The van der Waals surface area contributed by atoms with Crippen molar-refractivity contribution in [3.63, 3.8) is 0 Å². The van der Waals surface area contributed by atoms with Crippen molar-refractivity contribution in [3.8, 4) is 5.75 Å². The molecule has 0 aromatic heterocycles. The van der Waals surface area contributed by atoms with Crippen LogP contribution in [0.2, 0.25) is 0 Å². The molecule has 1 N–H and O–H groups in total. The molecule has 0 unspecified atom stereocenters. The van der Waals surface area contributed by atoms with Gasteiger partial charge in [-0.05, 0) is 66.0 Å². The molecule has 1 heteroatoms. The van der Waals surface area contributed by atoms with Crippen molar-refractivity contribution in [1.82, 2.24) is 0 Å². The van der Waals surface area contributed by atoms with Gasteiger partial charge >= 0.3 is 0 Å². The van der Waals surface area contributed by atoms with Crippen molar-refractivity contribution >= 4 is 0 Å². The van der Waals surface area contributed by atoms with Crippen LogP contribution in [-0.4, -0.2) is 5.11 Å².